The number of rotatable bonds is 11. The highest BCUT2D eigenvalue weighted by atomic mass is 16.8. The lowest BCUT2D eigenvalue weighted by atomic mass is 9.43. The Morgan fingerprint density at radius 3 is 1.81 bits per heavy atom. The molecule has 74 heavy (non-hydrogen) atoms. The first-order chi connectivity index (χ1) is 35.1. The zero-order valence-electron chi connectivity index (χ0n) is 42.4. The molecule has 0 aromatic carbocycles. The van der Waals surface area contributed by atoms with Crippen molar-refractivity contribution in [2.75, 3.05) is 33.0 Å². The summed E-state index contributed by atoms with van der Waals surface area (Å²) >= 11 is 0. The van der Waals surface area contributed by atoms with Gasteiger partial charge in [-0.3, -0.25) is 0 Å². The van der Waals surface area contributed by atoms with Gasteiger partial charge in [0.25, 0.3) is 0 Å². The summed E-state index contributed by atoms with van der Waals surface area (Å²) in [5.41, 5.74) is -0.458. The molecule has 0 aromatic rings. The topological polar surface area (TPSA) is 376 Å². The fourth-order valence-electron chi connectivity index (χ4n) is 16.0. The molecule has 1 spiro atoms. The Morgan fingerprint density at radius 1 is 0.500 bits per heavy atom. The van der Waals surface area contributed by atoms with Crippen LogP contribution in [0.5, 0.6) is 0 Å². The Hall–Kier alpha value is -0.960. The van der Waals surface area contributed by atoms with E-state index in [1.165, 1.54) is 0 Å². The molecule has 426 valence electrons. The predicted molar refractivity (Wildman–Crippen MR) is 245 cm³/mol. The largest absolute Gasteiger partial charge is 0.394 e. The monoisotopic (exact) mass is 1070 g/mol. The minimum Gasteiger partial charge on any atom is -0.394 e. The van der Waals surface area contributed by atoms with Gasteiger partial charge in [-0.25, -0.2) is 0 Å². The van der Waals surface area contributed by atoms with Crippen LogP contribution in [0.3, 0.4) is 0 Å². The van der Waals surface area contributed by atoms with Gasteiger partial charge >= 0.3 is 0 Å². The van der Waals surface area contributed by atoms with E-state index in [2.05, 4.69) is 27.7 Å². The van der Waals surface area contributed by atoms with Crippen LogP contribution >= 0.6 is 0 Å². The summed E-state index contributed by atoms with van der Waals surface area (Å²) in [7, 11) is 0. The maximum atomic E-state index is 12.1. The second kappa shape index (κ2) is 21.5. The van der Waals surface area contributed by atoms with Crippen LogP contribution < -0.4 is 0 Å². The summed E-state index contributed by atoms with van der Waals surface area (Å²) in [4.78, 5) is 0. The molecule has 24 nitrogen and oxygen atoms in total. The van der Waals surface area contributed by atoms with Crippen molar-refractivity contribution in [2.24, 2.45) is 52.3 Å². The van der Waals surface area contributed by atoms with Gasteiger partial charge in [-0.05, 0) is 91.3 Å². The number of aliphatic hydroxyl groups excluding tert-OH is 14. The van der Waals surface area contributed by atoms with Gasteiger partial charge in [0.2, 0.25) is 0 Å². The van der Waals surface area contributed by atoms with E-state index in [4.69, 9.17) is 47.4 Å². The Balaban J connectivity index is 0.832. The minimum atomic E-state index is -2.01. The Labute approximate surface area is 429 Å². The summed E-state index contributed by atoms with van der Waals surface area (Å²) in [6.07, 6.45) is -31.1. The smallest absolute Gasteiger partial charge is 0.187 e. The van der Waals surface area contributed by atoms with Crippen molar-refractivity contribution in [1.82, 2.24) is 0 Å². The van der Waals surface area contributed by atoms with Gasteiger partial charge in [-0.15, -0.1) is 0 Å². The normalized spacial score (nSPS) is 58.6. The first kappa shape index (κ1) is 56.3. The van der Waals surface area contributed by atoms with Crippen LogP contribution in [0.25, 0.3) is 0 Å². The van der Waals surface area contributed by atoms with Crippen LogP contribution in [-0.2, 0) is 47.4 Å². The third-order valence-electron chi connectivity index (χ3n) is 20.0. The van der Waals surface area contributed by atoms with E-state index in [-0.39, 0.29) is 41.6 Å². The van der Waals surface area contributed by atoms with Gasteiger partial charge in [-0.2, -0.15) is 0 Å². The van der Waals surface area contributed by atoms with Gasteiger partial charge < -0.3 is 119 Å². The highest BCUT2D eigenvalue weighted by molar-refractivity contribution is 5.17. The SMILES string of the molecule is C[C@H]1CC[C@@]2(OC1)O[C@H]1C[C@H]3[C@@H]4C[C@@H](O)C5C[C@@H](O[C@@H]6O[C@H](CO)[C@H](O[C@@H]7O[C@H](CO)[C@@H](O)[C@H](O[C@@H]8O[C@H](CO)[C@@H](O)[C@H](O)[C@H]8O)[C@H]7O[C@@H]7OC[C@@H](O)[C@H](O)[C@H]7O)[C@H](O)[C@H]6O)[C@H](O)C[C@]5(C)[C@H]4CC[C@]3(C)[C@H]1[C@@H]2C. The molecule has 6 heterocycles. The van der Waals surface area contributed by atoms with Crippen LogP contribution in [0.2, 0.25) is 0 Å². The molecular weight excluding hydrogens is 985 g/mol. The molecule has 10 rings (SSSR count). The van der Waals surface area contributed by atoms with Crippen molar-refractivity contribution in [3.8, 4) is 0 Å². The van der Waals surface area contributed by atoms with Gasteiger partial charge in [0.15, 0.2) is 30.9 Å². The van der Waals surface area contributed by atoms with Gasteiger partial charge in [0.05, 0.1) is 57.5 Å². The molecule has 1 unspecified atom stereocenters. The molecular formula is C50H82O24. The number of aliphatic hydroxyl groups is 14. The molecule has 0 amide bonds. The molecule has 0 bridgehead atoms. The number of fused-ring (bicyclic) bond motifs is 7. The van der Waals surface area contributed by atoms with Crippen molar-refractivity contribution >= 4 is 0 Å². The van der Waals surface area contributed by atoms with Gasteiger partial charge in [0, 0.05) is 12.3 Å². The van der Waals surface area contributed by atoms with E-state index in [0.29, 0.717) is 37.2 Å². The Morgan fingerprint density at radius 2 is 1.12 bits per heavy atom. The van der Waals surface area contributed by atoms with E-state index in [0.717, 1.165) is 32.1 Å². The maximum Gasteiger partial charge on any atom is 0.187 e. The molecule has 0 aromatic heterocycles. The second-order valence-electron chi connectivity index (χ2n) is 24.2. The molecule has 6 aliphatic heterocycles. The van der Waals surface area contributed by atoms with E-state index in [9.17, 15) is 71.5 Å². The molecule has 4 aliphatic carbocycles. The first-order valence-electron chi connectivity index (χ1n) is 26.9. The average molecular weight is 1070 g/mol. The summed E-state index contributed by atoms with van der Waals surface area (Å²) < 4.78 is 60.9. The second-order valence-corrected chi connectivity index (χ2v) is 24.2. The lowest BCUT2D eigenvalue weighted by Crippen LogP contribution is -2.68. The van der Waals surface area contributed by atoms with Crippen LogP contribution in [0.15, 0.2) is 0 Å². The van der Waals surface area contributed by atoms with E-state index in [1.54, 1.807) is 0 Å². The lowest BCUT2D eigenvalue weighted by Gasteiger charge is -2.63. The highest BCUT2D eigenvalue weighted by Crippen LogP contribution is 2.71. The van der Waals surface area contributed by atoms with E-state index in [1.807, 2.05) is 0 Å². The van der Waals surface area contributed by atoms with Crippen LogP contribution in [-0.4, -0.2) is 251 Å². The fraction of sp³-hybridized carbons (Fsp3) is 1.00. The first-order valence-corrected chi connectivity index (χ1v) is 26.9. The third kappa shape index (κ3) is 9.45. The highest BCUT2D eigenvalue weighted by Gasteiger charge is 2.70. The quantitative estimate of drug-likeness (QED) is 0.0870. The molecule has 4 saturated carbocycles. The van der Waals surface area contributed by atoms with Crippen LogP contribution in [0, 0.1) is 52.3 Å². The van der Waals surface area contributed by atoms with Gasteiger partial charge in [-0.1, -0.05) is 27.7 Å². The molecule has 0 radical (unpaired) electrons. The van der Waals surface area contributed by atoms with Crippen LogP contribution in [0.1, 0.15) is 79.1 Å². The number of ether oxygens (including phenoxy) is 10. The van der Waals surface area contributed by atoms with Crippen LogP contribution in [0.4, 0.5) is 0 Å². The van der Waals surface area contributed by atoms with Crippen molar-refractivity contribution < 1.29 is 119 Å². The standard InChI is InChI=1S/C50H82O24/c1-18-5-8-50(66-16-18)19(2)32-28(74-50)10-22-20-9-24(54)23-11-27(25(55)12-49(23,4)21(20)6-7-48(22,32)3)67-45-40(64)37(61)41(31(15-53)70-45)71-47-43(73-44-38(62)33(57)26(56)17-65-44)42(35(59)30(14-52)69-47)72-46-39(63)36(60)34(58)29(13-51)68-46/h18-47,51-64H,5-17H2,1-4H3/t18-,19-,20+,21-,22-,23?,24+,25+,26+,27+,28-,29+,30+,31+,32-,33-,34+,35+,36-,37+,38+,39+,40+,41-,42-,43+,44-,45+,46-,47-,48-,49+,50+/m0/s1. The fourth-order valence-corrected chi connectivity index (χ4v) is 16.0. The van der Waals surface area contributed by atoms with E-state index >= 15 is 0 Å². The average Bonchev–Trinajstić information content (AvgIpc) is 3.82. The Bertz CT molecular complexity index is 1900. The van der Waals surface area contributed by atoms with Gasteiger partial charge in [0.1, 0.15) is 91.6 Å². The summed E-state index contributed by atoms with van der Waals surface area (Å²) in [6.45, 7) is 6.60. The minimum absolute atomic E-state index is 0.00582. The van der Waals surface area contributed by atoms with Crippen molar-refractivity contribution in [3.63, 3.8) is 0 Å². The van der Waals surface area contributed by atoms with E-state index < -0.39 is 173 Å². The number of hydrogen-bond acceptors (Lipinski definition) is 24. The zero-order valence-corrected chi connectivity index (χ0v) is 42.4. The molecule has 14 N–H and O–H groups in total. The summed E-state index contributed by atoms with van der Waals surface area (Å²) in [5.74, 6) is 0.996. The molecule has 10 fully saturated rings. The Kier molecular flexibility index (Phi) is 16.4. The van der Waals surface area contributed by atoms with Crippen molar-refractivity contribution in [3.05, 3.63) is 0 Å². The molecule has 6 saturated heterocycles. The third-order valence-corrected chi connectivity index (χ3v) is 20.0. The maximum absolute atomic E-state index is 12.1. The zero-order chi connectivity index (χ0) is 53.1. The predicted octanol–water partition coefficient (Wildman–Crippen LogP) is -4.33. The van der Waals surface area contributed by atoms with Crippen molar-refractivity contribution in [2.45, 2.75) is 226 Å². The summed E-state index contributed by atoms with van der Waals surface area (Å²) in [6, 6.07) is 0. The number of hydrogen-bond donors (Lipinski definition) is 14. The van der Waals surface area contributed by atoms with Crippen molar-refractivity contribution in [1.29, 1.82) is 0 Å². The molecule has 24 heteroatoms. The lowest BCUT2D eigenvalue weighted by molar-refractivity contribution is -0.403. The molecule has 10 aliphatic rings. The summed E-state index contributed by atoms with van der Waals surface area (Å²) in [5, 5.41) is 153. The molecule has 33 atom stereocenters.